The molecular formula is C17H18O6PS. The second kappa shape index (κ2) is 9.75. The number of hydrogen-bond acceptors (Lipinski definition) is 5. The van der Waals surface area contributed by atoms with Crippen molar-refractivity contribution in [1.29, 1.82) is 0 Å². The van der Waals surface area contributed by atoms with E-state index in [1.54, 1.807) is 12.1 Å². The van der Waals surface area contributed by atoms with Gasteiger partial charge in [-0.25, -0.2) is 4.57 Å². The molecule has 1 radical (unpaired) electrons. The molecule has 0 aliphatic rings. The number of carbonyl (C=O) groups excluding carboxylic acids is 1. The van der Waals surface area contributed by atoms with Crippen LogP contribution in [0, 0.1) is 6.42 Å². The molecule has 2 rings (SSSR count). The summed E-state index contributed by atoms with van der Waals surface area (Å²) in [5.41, 5.74) is 1.78. The smallest absolute Gasteiger partial charge is 0.426 e. The Morgan fingerprint density at radius 3 is 2.48 bits per heavy atom. The molecule has 0 spiro atoms. The molecule has 8 heteroatoms. The number of rotatable bonds is 9. The highest BCUT2D eigenvalue weighted by atomic mass is 32.2. The van der Waals surface area contributed by atoms with Crippen LogP contribution < -0.4 is 4.74 Å². The molecule has 0 heterocycles. The van der Waals surface area contributed by atoms with Crippen molar-refractivity contribution < 1.29 is 28.4 Å². The van der Waals surface area contributed by atoms with E-state index in [9.17, 15) is 9.36 Å². The predicted octanol–water partition coefficient (Wildman–Crippen LogP) is 3.31. The normalized spacial score (nSPS) is 11.3. The van der Waals surface area contributed by atoms with Crippen molar-refractivity contribution >= 4 is 25.6 Å². The van der Waals surface area contributed by atoms with E-state index in [1.165, 1.54) is 18.2 Å². The van der Waals surface area contributed by atoms with Crippen molar-refractivity contribution in [3.8, 4) is 16.9 Å². The van der Waals surface area contributed by atoms with Gasteiger partial charge in [-0.3, -0.25) is 9.32 Å². The van der Waals surface area contributed by atoms with E-state index in [2.05, 4.69) is 4.52 Å². The summed E-state index contributed by atoms with van der Waals surface area (Å²) >= 11 is 1.31. The molecule has 2 aromatic rings. The lowest BCUT2D eigenvalue weighted by molar-refractivity contribution is -0.130. The van der Waals surface area contributed by atoms with Gasteiger partial charge in [0, 0.05) is 17.1 Å². The Hall–Kier alpha value is -1.63. The van der Waals surface area contributed by atoms with Crippen LogP contribution in [-0.4, -0.2) is 33.9 Å². The first-order chi connectivity index (χ1) is 12.0. The van der Waals surface area contributed by atoms with Crippen molar-refractivity contribution in [2.24, 2.45) is 0 Å². The minimum atomic E-state index is -4.43. The minimum absolute atomic E-state index is 0.0886. The van der Waals surface area contributed by atoms with Crippen molar-refractivity contribution in [2.75, 3.05) is 18.1 Å². The van der Waals surface area contributed by atoms with E-state index < -0.39 is 13.8 Å². The molecule has 25 heavy (non-hydrogen) atoms. The van der Waals surface area contributed by atoms with E-state index in [0.717, 1.165) is 11.1 Å². The standard InChI is InChI=1S/C17H18O6PS/c18-17(10-12-25-13-11-22-24(19,20)21)23-16-9-5-4-8-15(16)14-6-2-1-3-7-14/h1-10H,11-13H2,(H2,19,20,21). The molecule has 133 valence electrons. The Kier molecular flexibility index (Phi) is 7.68. The molecule has 6 nitrogen and oxygen atoms in total. The van der Waals surface area contributed by atoms with Gasteiger partial charge in [-0.2, -0.15) is 11.8 Å². The molecule has 0 saturated heterocycles. The third kappa shape index (κ3) is 7.42. The zero-order valence-corrected chi connectivity index (χ0v) is 15.0. The van der Waals surface area contributed by atoms with Gasteiger partial charge in [0.05, 0.1) is 13.0 Å². The first-order valence-corrected chi connectivity index (χ1v) is 10.1. The second-order valence-corrected chi connectivity index (χ2v) is 7.28. The third-order valence-corrected chi connectivity index (χ3v) is 4.41. The second-order valence-electron chi connectivity index (χ2n) is 4.89. The lowest BCUT2D eigenvalue weighted by Crippen LogP contribution is -2.11. The highest BCUT2D eigenvalue weighted by molar-refractivity contribution is 7.99. The van der Waals surface area contributed by atoms with E-state index in [4.69, 9.17) is 14.5 Å². The van der Waals surface area contributed by atoms with Gasteiger partial charge in [0.15, 0.2) is 0 Å². The summed E-state index contributed by atoms with van der Waals surface area (Å²) in [5, 5.41) is 0. The van der Waals surface area contributed by atoms with Gasteiger partial charge in [0.25, 0.3) is 0 Å². The summed E-state index contributed by atoms with van der Waals surface area (Å²) in [5.74, 6) is 0.711. The third-order valence-electron chi connectivity index (χ3n) is 3.04. The van der Waals surface area contributed by atoms with Gasteiger partial charge < -0.3 is 14.5 Å². The topological polar surface area (TPSA) is 93.1 Å². The number of esters is 1. The zero-order valence-electron chi connectivity index (χ0n) is 13.3. The van der Waals surface area contributed by atoms with Gasteiger partial charge in [0.2, 0.25) is 0 Å². The molecule has 0 saturated carbocycles. The van der Waals surface area contributed by atoms with Crippen molar-refractivity contribution in [3.05, 3.63) is 61.0 Å². The number of carbonyl (C=O) groups is 1. The van der Waals surface area contributed by atoms with Crippen LogP contribution >= 0.6 is 19.6 Å². The maximum atomic E-state index is 11.9. The number of benzene rings is 2. The predicted molar refractivity (Wildman–Crippen MR) is 97.1 cm³/mol. The maximum absolute atomic E-state index is 11.9. The molecule has 0 fully saturated rings. The van der Waals surface area contributed by atoms with Crippen LogP contribution in [0.4, 0.5) is 0 Å². The average Bonchev–Trinajstić information content (AvgIpc) is 2.58. The SMILES string of the molecule is O=C([CH]CSCCOP(=O)(O)O)Oc1ccccc1-c1ccccc1. The highest BCUT2D eigenvalue weighted by Crippen LogP contribution is 2.35. The number of phosphoric ester groups is 1. The van der Waals surface area contributed by atoms with Crippen molar-refractivity contribution in [3.63, 3.8) is 0 Å². The molecule has 0 bridgehead atoms. The Balaban J connectivity index is 1.81. The van der Waals surface area contributed by atoms with Crippen LogP contribution in [0.1, 0.15) is 0 Å². The largest absolute Gasteiger partial charge is 0.469 e. The first-order valence-electron chi connectivity index (χ1n) is 7.43. The Bertz CT molecular complexity index is 731. The molecule has 0 unspecified atom stereocenters. The van der Waals surface area contributed by atoms with E-state index in [0.29, 0.717) is 17.3 Å². The lowest BCUT2D eigenvalue weighted by Gasteiger charge is -2.10. The first kappa shape index (κ1) is 19.7. The van der Waals surface area contributed by atoms with Crippen LogP contribution in [0.15, 0.2) is 54.6 Å². The summed E-state index contributed by atoms with van der Waals surface area (Å²) < 4.78 is 20.2. The number of hydrogen-bond donors (Lipinski definition) is 2. The summed E-state index contributed by atoms with van der Waals surface area (Å²) in [6.07, 6.45) is 1.38. The van der Waals surface area contributed by atoms with E-state index in [1.807, 2.05) is 42.5 Å². The maximum Gasteiger partial charge on any atom is 0.469 e. The molecule has 0 amide bonds. The Morgan fingerprint density at radius 1 is 1.08 bits per heavy atom. The summed E-state index contributed by atoms with van der Waals surface area (Å²) in [7, 11) is -4.43. The molecular weight excluding hydrogens is 363 g/mol. The monoisotopic (exact) mass is 381 g/mol. The molecule has 0 aliphatic heterocycles. The quantitative estimate of drug-likeness (QED) is 0.298. The zero-order chi connectivity index (χ0) is 18.1. The lowest BCUT2D eigenvalue weighted by atomic mass is 10.1. The Labute approximate surface area is 150 Å². The highest BCUT2D eigenvalue weighted by Gasteiger charge is 2.13. The molecule has 2 aromatic carbocycles. The number of thioether (sulfide) groups is 1. The van der Waals surface area contributed by atoms with E-state index in [-0.39, 0.29) is 6.61 Å². The summed E-state index contributed by atoms with van der Waals surface area (Å²) in [4.78, 5) is 29.0. The van der Waals surface area contributed by atoms with Gasteiger partial charge in [-0.05, 0) is 11.6 Å². The van der Waals surface area contributed by atoms with Gasteiger partial charge in [-0.1, -0.05) is 48.5 Å². The molecule has 0 atom stereocenters. The fourth-order valence-corrected chi connectivity index (χ4v) is 3.06. The van der Waals surface area contributed by atoms with Crippen LogP contribution in [0.5, 0.6) is 5.75 Å². The fourth-order valence-electron chi connectivity index (χ4n) is 1.99. The number of ether oxygens (including phenoxy) is 1. The molecule has 0 aliphatic carbocycles. The van der Waals surface area contributed by atoms with Gasteiger partial charge in [-0.15, -0.1) is 0 Å². The van der Waals surface area contributed by atoms with Crippen LogP contribution in [0.3, 0.4) is 0 Å². The van der Waals surface area contributed by atoms with Crippen LogP contribution in [0.25, 0.3) is 11.1 Å². The van der Waals surface area contributed by atoms with Crippen molar-refractivity contribution in [2.45, 2.75) is 0 Å². The number of para-hydroxylation sites is 1. The number of phosphoric acid groups is 1. The summed E-state index contributed by atoms with van der Waals surface area (Å²) in [6.45, 7) is -0.0886. The molecule has 0 aromatic heterocycles. The minimum Gasteiger partial charge on any atom is -0.426 e. The van der Waals surface area contributed by atoms with Gasteiger partial charge >= 0.3 is 13.8 Å². The van der Waals surface area contributed by atoms with E-state index >= 15 is 0 Å². The fraction of sp³-hybridized carbons (Fsp3) is 0.176. The van der Waals surface area contributed by atoms with Crippen LogP contribution in [-0.2, 0) is 13.9 Å². The molecule has 2 N–H and O–H groups in total. The summed E-state index contributed by atoms with van der Waals surface area (Å²) in [6, 6.07) is 16.9. The average molecular weight is 381 g/mol. The van der Waals surface area contributed by atoms with Crippen LogP contribution in [0.2, 0.25) is 0 Å². The van der Waals surface area contributed by atoms with Gasteiger partial charge in [0.1, 0.15) is 5.75 Å². The Morgan fingerprint density at radius 2 is 1.76 bits per heavy atom. The van der Waals surface area contributed by atoms with Crippen molar-refractivity contribution in [1.82, 2.24) is 0 Å².